The number of likely N-dealkylation sites (tertiary alicyclic amines) is 2. The molecule has 1 N–H and O–H groups in total. The van der Waals surface area contributed by atoms with E-state index in [0.29, 0.717) is 37.6 Å². The molecule has 154 valence electrons. The number of piperidine rings is 1. The van der Waals surface area contributed by atoms with Crippen molar-refractivity contribution in [3.63, 3.8) is 0 Å². The number of aromatic nitrogens is 4. The van der Waals surface area contributed by atoms with E-state index in [0.717, 1.165) is 25.7 Å². The molecular weight excluding hydrogens is 374 g/mol. The quantitative estimate of drug-likeness (QED) is 0.822. The molecule has 0 aliphatic carbocycles. The Balaban J connectivity index is 1.58. The summed E-state index contributed by atoms with van der Waals surface area (Å²) >= 11 is 0. The van der Waals surface area contributed by atoms with Crippen molar-refractivity contribution in [3.8, 4) is 0 Å². The van der Waals surface area contributed by atoms with Gasteiger partial charge in [0.05, 0.1) is 23.6 Å². The van der Waals surface area contributed by atoms with Crippen molar-refractivity contribution in [2.75, 3.05) is 31.5 Å². The topological polar surface area (TPSA) is 105 Å². The Morgan fingerprint density at radius 3 is 2.03 bits per heavy atom. The largest absolute Gasteiger partial charge is 0.338 e. The van der Waals surface area contributed by atoms with Gasteiger partial charge in [0, 0.05) is 40.3 Å². The average molecular weight is 399 g/mol. The smallest absolute Gasteiger partial charge is 0.274 e. The van der Waals surface area contributed by atoms with E-state index in [1.165, 1.54) is 21.8 Å². The summed E-state index contributed by atoms with van der Waals surface area (Å²) < 4.78 is 2.85. The van der Waals surface area contributed by atoms with Crippen molar-refractivity contribution in [1.82, 2.24) is 29.4 Å². The zero-order valence-electron chi connectivity index (χ0n) is 16.7. The lowest BCUT2D eigenvalue weighted by Crippen LogP contribution is -2.42. The summed E-state index contributed by atoms with van der Waals surface area (Å²) in [5.41, 5.74) is 1.09. The molecule has 4 rings (SSSR count). The lowest BCUT2D eigenvalue weighted by Gasteiger charge is -2.30. The number of nitrogens with zero attached hydrogens (tertiary/aromatic N) is 6. The maximum Gasteiger partial charge on any atom is 0.274 e. The monoisotopic (exact) mass is 399 g/mol. The second-order valence-electron chi connectivity index (χ2n) is 7.51. The first-order chi connectivity index (χ1) is 14.0. The van der Waals surface area contributed by atoms with E-state index < -0.39 is 5.91 Å². The Bertz CT molecular complexity index is 951. The molecule has 2 aromatic rings. The van der Waals surface area contributed by atoms with Gasteiger partial charge in [-0.1, -0.05) is 0 Å². The fourth-order valence-electron chi connectivity index (χ4n) is 3.76. The van der Waals surface area contributed by atoms with Gasteiger partial charge in [0.2, 0.25) is 0 Å². The number of amides is 3. The van der Waals surface area contributed by atoms with Gasteiger partial charge in [0.1, 0.15) is 11.4 Å². The molecule has 0 saturated carbocycles. The van der Waals surface area contributed by atoms with E-state index in [9.17, 15) is 14.4 Å². The summed E-state index contributed by atoms with van der Waals surface area (Å²) in [4.78, 5) is 42.1. The molecule has 2 saturated heterocycles. The summed E-state index contributed by atoms with van der Waals surface area (Å²) in [6.07, 6.45) is 6.91. The number of nitrogens with one attached hydrogen (secondary N) is 1. The minimum atomic E-state index is -0.491. The summed E-state index contributed by atoms with van der Waals surface area (Å²) in [5.74, 6) is -0.846. The summed E-state index contributed by atoms with van der Waals surface area (Å²) in [5, 5.41) is 11.0. The Morgan fingerprint density at radius 2 is 1.38 bits per heavy atom. The van der Waals surface area contributed by atoms with Crippen LogP contribution in [0.25, 0.3) is 0 Å². The van der Waals surface area contributed by atoms with E-state index in [2.05, 4.69) is 15.5 Å². The van der Waals surface area contributed by atoms with Crippen LogP contribution in [0.5, 0.6) is 0 Å². The van der Waals surface area contributed by atoms with Gasteiger partial charge in [-0.15, -0.1) is 0 Å². The minimum absolute atomic E-state index is 0.151. The highest BCUT2D eigenvalue weighted by molar-refractivity contribution is 6.12. The van der Waals surface area contributed by atoms with Crippen molar-refractivity contribution in [1.29, 1.82) is 0 Å². The van der Waals surface area contributed by atoms with Crippen LogP contribution < -0.4 is 5.32 Å². The van der Waals surface area contributed by atoms with Gasteiger partial charge in [0.15, 0.2) is 0 Å². The SMILES string of the molecule is Cn1ncc(NC(=O)c2c(C(=O)N3CCC3)cnn2C)c1C(=O)N1CCCCC1. The third-order valence-electron chi connectivity index (χ3n) is 5.56. The molecule has 0 radical (unpaired) electrons. The zero-order chi connectivity index (χ0) is 20.5. The molecule has 0 atom stereocenters. The van der Waals surface area contributed by atoms with E-state index in [1.807, 2.05) is 0 Å². The van der Waals surface area contributed by atoms with E-state index in [1.54, 1.807) is 23.9 Å². The van der Waals surface area contributed by atoms with Crippen LogP contribution in [-0.2, 0) is 14.1 Å². The van der Waals surface area contributed by atoms with Crippen LogP contribution in [0.15, 0.2) is 12.4 Å². The molecule has 2 aliphatic heterocycles. The number of aryl methyl sites for hydroxylation is 2. The van der Waals surface area contributed by atoms with Crippen molar-refractivity contribution < 1.29 is 14.4 Å². The molecule has 2 aromatic heterocycles. The molecule has 2 aliphatic rings. The molecule has 2 fully saturated rings. The highest BCUT2D eigenvalue weighted by atomic mass is 16.2. The number of carbonyl (C=O) groups excluding carboxylic acids is 3. The number of hydrogen-bond acceptors (Lipinski definition) is 5. The second kappa shape index (κ2) is 7.69. The first kappa shape index (κ1) is 19.2. The van der Waals surface area contributed by atoms with Crippen LogP contribution in [0.1, 0.15) is 57.0 Å². The summed E-state index contributed by atoms with van der Waals surface area (Å²) in [6.45, 7) is 2.78. The molecule has 3 amide bonds. The van der Waals surface area contributed by atoms with Crippen molar-refractivity contribution in [2.45, 2.75) is 25.7 Å². The predicted molar refractivity (Wildman–Crippen MR) is 105 cm³/mol. The van der Waals surface area contributed by atoms with E-state index >= 15 is 0 Å². The van der Waals surface area contributed by atoms with Crippen molar-refractivity contribution in [2.24, 2.45) is 14.1 Å². The molecule has 10 nitrogen and oxygen atoms in total. The van der Waals surface area contributed by atoms with Crippen LogP contribution in [-0.4, -0.2) is 73.3 Å². The third-order valence-corrected chi connectivity index (χ3v) is 5.56. The second-order valence-corrected chi connectivity index (χ2v) is 7.51. The molecule has 4 heterocycles. The van der Waals surface area contributed by atoms with Crippen LogP contribution in [0.4, 0.5) is 5.69 Å². The van der Waals surface area contributed by atoms with Crippen molar-refractivity contribution >= 4 is 23.4 Å². The van der Waals surface area contributed by atoms with Gasteiger partial charge >= 0.3 is 0 Å². The molecule has 0 aromatic carbocycles. The highest BCUT2D eigenvalue weighted by Crippen LogP contribution is 2.22. The predicted octanol–water partition coefficient (Wildman–Crippen LogP) is 0.878. The van der Waals surface area contributed by atoms with Gasteiger partial charge < -0.3 is 15.1 Å². The fourth-order valence-corrected chi connectivity index (χ4v) is 3.76. The van der Waals surface area contributed by atoms with Gasteiger partial charge in [-0.25, -0.2) is 0 Å². The lowest BCUT2D eigenvalue weighted by atomic mass is 10.1. The number of anilines is 1. The fraction of sp³-hybridized carbons (Fsp3) is 0.526. The number of rotatable bonds is 4. The van der Waals surface area contributed by atoms with Crippen LogP contribution in [0.2, 0.25) is 0 Å². The third kappa shape index (κ3) is 3.50. The molecule has 0 bridgehead atoms. The standard InChI is InChI=1S/C19H25N7O3/c1-23-15(13(11-20-23)18(28)25-9-6-10-25)17(27)22-14-12-21-24(2)16(14)19(29)26-7-4-3-5-8-26/h11-12H,3-10H2,1-2H3,(H,22,27). The Kier molecular flexibility index (Phi) is 5.08. The summed E-state index contributed by atoms with van der Waals surface area (Å²) in [7, 11) is 3.29. The first-order valence-electron chi connectivity index (χ1n) is 9.91. The number of hydrogen-bond donors (Lipinski definition) is 1. The van der Waals surface area contributed by atoms with Gasteiger partial charge in [-0.3, -0.25) is 23.7 Å². The van der Waals surface area contributed by atoms with Gasteiger partial charge in [-0.05, 0) is 25.7 Å². The van der Waals surface area contributed by atoms with Crippen LogP contribution in [0, 0.1) is 0 Å². The lowest BCUT2D eigenvalue weighted by molar-refractivity contribution is 0.0647. The Labute approximate surface area is 168 Å². The Morgan fingerprint density at radius 1 is 0.793 bits per heavy atom. The van der Waals surface area contributed by atoms with Gasteiger partial charge in [-0.2, -0.15) is 10.2 Å². The Hall–Kier alpha value is -3.17. The van der Waals surface area contributed by atoms with Crippen LogP contribution >= 0.6 is 0 Å². The molecular formula is C19H25N7O3. The first-order valence-corrected chi connectivity index (χ1v) is 9.91. The molecule has 10 heteroatoms. The maximum absolute atomic E-state index is 13.0. The molecule has 29 heavy (non-hydrogen) atoms. The van der Waals surface area contributed by atoms with Gasteiger partial charge in [0.25, 0.3) is 17.7 Å². The average Bonchev–Trinajstić information content (AvgIpc) is 3.23. The zero-order valence-corrected chi connectivity index (χ0v) is 16.7. The normalized spacial score (nSPS) is 16.5. The minimum Gasteiger partial charge on any atom is -0.338 e. The number of carbonyl (C=O) groups is 3. The maximum atomic E-state index is 13.0. The van der Waals surface area contributed by atoms with E-state index in [4.69, 9.17) is 0 Å². The molecule has 0 unspecified atom stereocenters. The van der Waals surface area contributed by atoms with Crippen LogP contribution in [0.3, 0.4) is 0 Å². The van der Waals surface area contributed by atoms with E-state index in [-0.39, 0.29) is 23.1 Å². The van der Waals surface area contributed by atoms with Crippen molar-refractivity contribution in [3.05, 3.63) is 29.3 Å². The molecule has 0 spiro atoms. The summed E-state index contributed by atoms with van der Waals surface area (Å²) in [6, 6.07) is 0. The highest BCUT2D eigenvalue weighted by Gasteiger charge is 2.30.